The van der Waals surface area contributed by atoms with Crippen molar-refractivity contribution >= 4 is 11.7 Å². The van der Waals surface area contributed by atoms with Crippen LogP contribution in [0.25, 0.3) is 0 Å². The Hall–Kier alpha value is -2.23. The van der Waals surface area contributed by atoms with Gasteiger partial charge < -0.3 is 14.8 Å². The van der Waals surface area contributed by atoms with Gasteiger partial charge in [0.25, 0.3) is 0 Å². The van der Waals surface area contributed by atoms with Crippen molar-refractivity contribution in [3.63, 3.8) is 0 Å². The Labute approximate surface area is 118 Å². The molecule has 0 spiro atoms. The topological polar surface area (TPSA) is 62.5 Å². The number of aryl methyl sites for hydroxylation is 1. The van der Waals surface area contributed by atoms with E-state index in [0.29, 0.717) is 18.2 Å². The zero-order chi connectivity index (χ0) is 14.7. The minimum absolute atomic E-state index is 0.0183. The van der Waals surface area contributed by atoms with E-state index in [0.717, 1.165) is 11.3 Å². The molecule has 106 valence electrons. The van der Waals surface area contributed by atoms with E-state index in [1.807, 2.05) is 12.1 Å². The first kappa shape index (κ1) is 14.2. The molecular weight excluding hydrogens is 254 g/mol. The molecule has 0 aliphatic heterocycles. The number of carboxylic acids is 1. The van der Waals surface area contributed by atoms with E-state index in [1.54, 1.807) is 13.0 Å². The Kier molecular flexibility index (Phi) is 4.13. The second-order valence-corrected chi connectivity index (χ2v) is 5.13. The third kappa shape index (κ3) is 3.20. The highest BCUT2D eigenvalue weighted by atomic mass is 16.4. The maximum atomic E-state index is 10.8. The molecule has 0 aliphatic carbocycles. The van der Waals surface area contributed by atoms with Crippen molar-refractivity contribution in [1.29, 1.82) is 0 Å². The summed E-state index contributed by atoms with van der Waals surface area (Å²) >= 11 is 0. The molecule has 1 aromatic heterocycles. The fourth-order valence-corrected chi connectivity index (χ4v) is 2.01. The van der Waals surface area contributed by atoms with Crippen LogP contribution in [0, 0.1) is 6.92 Å². The smallest absolute Gasteiger partial charge is 0.371 e. The van der Waals surface area contributed by atoms with Gasteiger partial charge in [0, 0.05) is 17.8 Å². The predicted molar refractivity (Wildman–Crippen MR) is 78.3 cm³/mol. The van der Waals surface area contributed by atoms with Gasteiger partial charge in [-0.25, -0.2) is 4.79 Å². The molecule has 0 aliphatic rings. The highest BCUT2D eigenvalue weighted by molar-refractivity contribution is 5.84. The monoisotopic (exact) mass is 273 g/mol. The SMILES string of the molecule is Cc1oc(C(=O)O)cc1CNc1cccc(C(C)C)c1. The van der Waals surface area contributed by atoms with Crippen molar-refractivity contribution in [3.05, 3.63) is 53.0 Å². The first-order valence-corrected chi connectivity index (χ1v) is 6.64. The van der Waals surface area contributed by atoms with Crippen molar-refractivity contribution < 1.29 is 14.3 Å². The van der Waals surface area contributed by atoms with Gasteiger partial charge in [0.05, 0.1) is 0 Å². The van der Waals surface area contributed by atoms with Crippen LogP contribution in [0.3, 0.4) is 0 Å². The van der Waals surface area contributed by atoms with Crippen LogP contribution in [0.4, 0.5) is 5.69 Å². The summed E-state index contributed by atoms with van der Waals surface area (Å²) in [6.07, 6.45) is 0. The summed E-state index contributed by atoms with van der Waals surface area (Å²) in [6.45, 7) is 6.62. The highest BCUT2D eigenvalue weighted by Gasteiger charge is 2.12. The number of benzene rings is 1. The van der Waals surface area contributed by atoms with Gasteiger partial charge in [-0.1, -0.05) is 26.0 Å². The maximum Gasteiger partial charge on any atom is 0.371 e. The Balaban J connectivity index is 2.09. The summed E-state index contributed by atoms with van der Waals surface area (Å²) in [6, 6.07) is 9.79. The van der Waals surface area contributed by atoms with Crippen LogP contribution in [0.15, 0.2) is 34.7 Å². The van der Waals surface area contributed by atoms with E-state index < -0.39 is 5.97 Å². The third-order valence-corrected chi connectivity index (χ3v) is 3.27. The number of nitrogens with one attached hydrogen (secondary N) is 1. The zero-order valence-corrected chi connectivity index (χ0v) is 11.9. The van der Waals surface area contributed by atoms with Gasteiger partial charge in [-0.3, -0.25) is 0 Å². The molecule has 2 N–H and O–H groups in total. The summed E-state index contributed by atoms with van der Waals surface area (Å²) in [4.78, 5) is 10.8. The maximum absolute atomic E-state index is 10.8. The minimum Gasteiger partial charge on any atom is -0.475 e. The average molecular weight is 273 g/mol. The van der Waals surface area contributed by atoms with E-state index in [2.05, 4.69) is 31.3 Å². The standard InChI is InChI=1S/C16H19NO3/c1-10(2)12-5-4-6-14(7-12)17-9-13-8-15(16(18)19)20-11(13)3/h4-8,10,17H,9H2,1-3H3,(H,18,19). The fraction of sp³-hybridized carbons (Fsp3) is 0.312. The lowest BCUT2D eigenvalue weighted by atomic mass is 10.0. The number of furan rings is 1. The average Bonchev–Trinajstić information content (AvgIpc) is 2.78. The molecule has 4 nitrogen and oxygen atoms in total. The number of anilines is 1. The number of carboxylic acid groups (broad SMARTS) is 1. The lowest BCUT2D eigenvalue weighted by molar-refractivity contribution is 0.0661. The Morgan fingerprint density at radius 2 is 2.10 bits per heavy atom. The normalized spacial score (nSPS) is 10.8. The lowest BCUT2D eigenvalue weighted by Gasteiger charge is -2.10. The van der Waals surface area contributed by atoms with Crippen LogP contribution < -0.4 is 5.32 Å². The Bertz CT molecular complexity index is 614. The van der Waals surface area contributed by atoms with Crippen LogP contribution in [0.1, 0.15) is 47.2 Å². The first-order valence-electron chi connectivity index (χ1n) is 6.64. The quantitative estimate of drug-likeness (QED) is 0.863. The van der Waals surface area contributed by atoms with Crippen LogP contribution in [-0.4, -0.2) is 11.1 Å². The second kappa shape index (κ2) is 5.82. The van der Waals surface area contributed by atoms with Crippen LogP contribution >= 0.6 is 0 Å². The van der Waals surface area contributed by atoms with Gasteiger partial charge in [0.15, 0.2) is 0 Å². The number of hydrogen-bond acceptors (Lipinski definition) is 3. The molecule has 0 bridgehead atoms. The third-order valence-electron chi connectivity index (χ3n) is 3.27. The molecule has 0 amide bonds. The van der Waals surface area contributed by atoms with Gasteiger partial charge in [-0.05, 0) is 36.6 Å². The molecule has 1 heterocycles. The number of hydrogen-bond donors (Lipinski definition) is 2. The van der Waals surface area contributed by atoms with Gasteiger partial charge in [0.2, 0.25) is 5.76 Å². The molecule has 0 saturated carbocycles. The molecule has 0 radical (unpaired) electrons. The van der Waals surface area contributed by atoms with Gasteiger partial charge in [-0.15, -0.1) is 0 Å². The molecule has 0 atom stereocenters. The molecule has 20 heavy (non-hydrogen) atoms. The second-order valence-electron chi connectivity index (χ2n) is 5.13. The van der Waals surface area contributed by atoms with E-state index in [1.165, 1.54) is 5.56 Å². The fourth-order valence-electron chi connectivity index (χ4n) is 2.01. The Morgan fingerprint density at radius 1 is 1.35 bits per heavy atom. The molecule has 1 aromatic carbocycles. The molecule has 4 heteroatoms. The van der Waals surface area contributed by atoms with E-state index in [-0.39, 0.29) is 5.76 Å². The van der Waals surface area contributed by atoms with Gasteiger partial charge in [-0.2, -0.15) is 0 Å². The Morgan fingerprint density at radius 3 is 2.70 bits per heavy atom. The van der Waals surface area contributed by atoms with E-state index >= 15 is 0 Å². The molecule has 0 fully saturated rings. The van der Waals surface area contributed by atoms with Crippen molar-refractivity contribution in [2.75, 3.05) is 5.32 Å². The lowest BCUT2D eigenvalue weighted by Crippen LogP contribution is -2.00. The summed E-state index contributed by atoms with van der Waals surface area (Å²) in [5.74, 6) is 0.0531. The minimum atomic E-state index is -1.04. The van der Waals surface area contributed by atoms with Crippen molar-refractivity contribution in [2.24, 2.45) is 0 Å². The summed E-state index contributed by atoms with van der Waals surface area (Å²) in [5.41, 5.74) is 3.15. The van der Waals surface area contributed by atoms with E-state index in [4.69, 9.17) is 9.52 Å². The van der Waals surface area contributed by atoms with Crippen LogP contribution in [0.5, 0.6) is 0 Å². The highest BCUT2D eigenvalue weighted by Crippen LogP contribution is 2.20. The predicted octanol–water partition coefficient (Wildman–Crippen LogP) is 4.02. The molecular formula is C16H19NO3. The van der Waals surface area contributed by atoms with E-state index in [9.17, 15) is 4.79 Å². The summed E-state index contributed by atoms with van der Waals surface area (Å²) < 4.78 is 5.19. The van der Waals surface area contributed by atoms with Crippen LogP contribution in [0.2, 0.25) is 0 Å². The molecule has 0 saturated heterocycles. The largest absolute Gasteiger partial charge is 0.475 e. The number of carbonyl (C=O) groups is 1. The summed E-state index contributed by atoms with van der Waals surface area (Å²) in [7, 11) is 0. The first-order chi connectivity index (χ1) is 9.47. The van der Waals surface area contributed by atoms with Crippen molar-refractivity contribution in [2.45, 2.75) is 33.2 Å². The van der Waals surface area contributed by atoms with Crippen LogP contribution in [-0.2, 0) is 6.54 Å². The van der Waals surface area contributed by atoms with Crippen molar-refractivity contribution in [3.8, 4) is 0 Å². The molecule has 0 unspecified atom stereocenters. The summed E-state index contributed by atoms with van der Waals surface area (Å²) in [5, 5.41) is 12.2. The zero-order valence-electron chi connectivity index (χ0n) is 11.9. The molecule has 2 rings (SSSR count). The number of aromatic carboxylic acids is 1. The van der Waals surface area contributed by atoms with Gasteiger partial charge in [0.1, 0.15) is 5.76 Å². The number of rotatable bonds is 5. The van der Waals surface area contributed by atoms with Gasteiger partial charge >= 0.3 is 5.97 Å². The molecule has 2 aromatic rings. The van der Waals surface area contributed by atoms with Crippen molar-refractivity contribution in [1.82, 2.24) is 0 Å².